The van der Waals surface area contributed by atoms with Crippen molar-refractivity contribution < 1.29 is 4.79 Å². The summed E-state index contributed by atoms with van der Waals surface area (Å²) >= 11 is 0. The summed E-state index contributed by atoms with van der Waals surface area (Å²) in [5.74, 6) is -0.167. The van der Waals surface area contributed by atoms with Gasteiger partial charge in [-0.25, -0.2) is 0 Å². The maximum Gasteiger partial charge on any atom is 0.255 e. The topological polar surface area (TPSA) is 53.5 Å². The number of nitrogens with zero attached hydrogens (tertiary/aromatic N) is 1. The van der Waals surface area contributed by atoms with Crippen LogP contribution in [0.1, 0.15) is 21.5 Å². The predicted octanol–water partition coefficient (Wildman–Crippen LogP) is 5.80. The first-order valence-corrected chi connectivity index (χ1v) is 9.71. The molecule has 1 amide bonds. The van der Waals surface area contributed by atoms with E-state index in [2.05, 4.69) is 10.7 Å². The summed E-state index contributed by atoms with van der Waals surface area (Å²) in [5, 5.41) is 7.65. The van der Waals surface area contributed by atoms with E-state index in [-0.39, 0.29) is 5.91 Å². The first-order valence-electron chi connectivity index (χ1n) is 9.71. The van der Waals surface area contributed by atoms with Crippen molar-refractivity contribution in [3.63, 3.8) is 0 Å². The zero-order chi connectivity index (χ0) is 20.6. The van der Waals surface area contributed by atoms with Gasteiger partial charge in [0.15, 0.2) is 0 Å². The van der Waals surface area contributed by atoms with Crippen LogP contribution in [0.5, 0.6) is 0 Å². The standard InChI is InChI=1S/C26H21N3O/c30-26(22-16-8-3-9-17-22)27-23-18-10-11-19-24(23)28-29-25(20-12-4-1-5-13-20)21-14-6-2-7-15-21/h1-19,28H,(H,27,30). The summed E-state index contributed by atoms with van der Waals surface area (Å²) in [6, 6.07) is 36.7. The lowest BCUT2D eigenvalue weighted by atomic mass is 10.0. The normalized spacial score (nSPS) is 10.1. The molecular weight excluding hydrogens is 370 g/mol. The van der Waals surface area contributed by atoms with E-state index in [4.69, 9.17) is 5.10 Å². The summed E-state index contributed by atoms with van der Waals surface area (Å²) in [6.07, 6.45) is 0. The smallest absolute Gasteiger partial charge is 0.255 e. The van der Waals surface area contributed by atoms with Gasteiger partial charge in [-0.15, -0.1) is 0 Å². The maximum absolute atomic E-state index is 12.6. The average Bonchev–Trinajstić information content (AvgIpc) is 2.82. The van der Waals surface area contributed by atoms with Gasteiger partial charge in [0.05, 0.1) is 17.1 Å². The molecule has 0 aliphatic rings. The van der Waals surface area contributed by atoms with Gasteiger partial charge in [-0.3, -0.25) is 10.2 Å². The summed E-state index contributed by atoms with van der Waals surface area (Å²) in [6.45, 7) is 0. The molecule has 146 valence electrons. The Labute approximate surface area is 175 Å². The van der Waals surface area contributed by atoms with Crippen molar-refractivity contribution >= 4 is 23.0 Å². The van der Waals surface area contributed by atoms with Crippen LogP contribution in [-0.4, -0.2) is 11.6 Å². The molecule has 0 unspecified atom stereocenters. The molecule has 2 N–H and O–H groups in total. The quantitative estimate of drug-likeness (QED) is 0.322. The van der Waals surface area contributed by atoms with E-state index < -0.39 is 0 Å². The molecule has 0 saturated carbocycles. The highest BCUT2D eigenvalue weighted by molar-refractivity contribution is 6.13. The van der Waals surface area contributed by atoms with Crippen molar-refractivity contribution in [1.82, 2.24) is 0 Å². The lowest BCUT2D eigenvalue weighted by molar-refractivity contribution is 0.102. The highest BCUT2D eigenvalue weighted by Gasteiger charge is 2.10. The SMILES string of the molecule is O=C(Nc1ccccc1NN=C(c1ccccc1)c1ccccc1)c1ccccc1. The van der Waals surface area contributed by atoms with Crippen LogP contribution in [0.15, 0.2) is 120 Å². The second-order valence-corrected chi connectivity index (χ2v) is 6.67. The Morgan fingerprint density at radius 1 is 0.533 bits per heavy atom. The molecule has 0 aromatic heterocycles. The van der Waals surface area contributed by atoms with E-state index in [0.29, 0.717) is 16.9 Å². The Morgan fingerprint density at radius 2 is 0.967 bits per heavy atom. The van der Waals surface area contributed by atoms with Crippen molar-refractivity contribution in [2.24, 2.45) is 5.10 Å². The van der Waals surface area contributed by atoms with E-state index in [1.54, 1.807) is 12.1 Å². The van der Waals surface area contributed by atoms with Crippen molar-refractivity contribution in [3.8, 4) is 0 Å². The number of nitrogens with one attached hydrogen (secondary N) is 2. The number of amides is 1. The van der Waals surface area contributed by atoms with E-state index >= 15 is 0 Å². The van der Waals surface area contributed by atoms with Gasteiger partial charge in [-0.2, -0.15) is 5.10 Å². The van der Waals surface area contributed by atoms with Crippen molar-refractivity contribution in [2.45, 2.75) is 0 Å². The Kier molecular flexibility index (Phi) is 5.97. The van der Waals surface area contributed by atoms with Gasteiger partial charge in [0.1, 0.15) is 0 Å². The number of carbonyl (C=O) groups excluding carboxylic acids is 1. The molecule has 0 saturated heterocycles. The van der Waals surface area contributed by atoms with Crippen LogP contribution < -0.4 is 10.7 Å². The maximum atomic E-state index is 12.6. The minimum Gasteiger partial charge on any atom is -0.320 e. The molecule has 30 heavy (non-hydrogen) atoms. The second kappa shape index (κ2) is 9.34. The fourth-order valence-electron chi connectivity index (χ4n) is 3.08. The van der Waals surface area contributed by atoms with Gasteiger partial charge in [0, 0.05) is 16.7 Å². The van der Waals surface area contributed by atoms with Crippen molar-refractivity contribution in [3.05, 3.63) is 132 Å². The number of rotatable bonds is 6. The molecule has 0 heterocycles. The van der Waals surface area contributed by atoms with Crippen LogP contribution in [0, 0.1) is 0 Å². The zero-order valence-electron chi connectivity index (χ0n) is 16.3. The fourth-order valence-corrected chi connectivity index (χ4v) is 3.08. The van der Waals surface area contributed by atoms with Crippen molar-refractivity contribution in [2.75, 3.05) is 10.7 Å². The van der Waals surface area contributed by atoms with Gasteiger partial charge in [-0.1, -0.05) is 91.0 Å². The second-order valence-electron chi connectivity index (χ2n) is 6.67. The number of carbonyl (C=O) groups is 1. The largest absolute Gasteiger partial charge is 0.320 e. The number of hydrazone groups is 1. The summed E-state index contributed by atoms with van der Waals surface area (Å²) in [4.78, 5) is 12.6. The predicted molar refractivity (Wildman–Crippen MR) is 123 cm³/mol. The molecule has 0 spiro atoms. The highest BCUT2D eigenvalue weighted by atomic mass is 16.1. The fraction of sp³-hybridized carbons (Fsp3) is 0. The van der Waals surface area contributed by atoms with Crippen LogP contribution in [0.25, 0.3) is 0 Å². The summed E-state index contributed by atoms with van der Waals surface area (Å²) in [5.41, 5.74) is 7.94. The molecule has 4 nitrogen and oxygen atoms in total. The van der Waals surface area contributed by atoms with E-state index in [1.165, 1.54) is 0 Å². The molecule has 4 aromatic carbocycles. The van der Waals surface area contributed by atoms with Crippen LogP contribution >= 0.6 is 0 Å². The number of para-hydroxylation sites is 2. The highest BCUT2D eigenvalue weighted by Crippen LogP contribution is 2.22. The lowest BCUT2D eigenvalue weighted by Crippen LogP contribution is -2.13. The minimum atomic E-state index is -0.167. The number of hydrogen-bond acceptors (Lipinski definition) is 3. The molecule has 0 atom stereocenters. The Bertz CT molecular complexity index is 1100. The van der Waals surface area contributed by atoms with Gasteiger partial charge >= 0.3 is 0 Å². The molecule has 4 heteroatoms. The van der Waals surface area contributed by atoms with Crippen LogP contribution in [0.3, 0.4) is 0 Å². The third-order valence-electron chi connectivity index (χ3n) is 4.59. The average molecular weight is 391 g/mol. The van der Waals surface area contributed by atoms with E-state index in [1.807, 2.05) is 103 Å². The Hall–Kier alpha value is -4.18. The van der Waals surface area contributed by atoms with Crippen molar-refractivity contribution in [1.29, 1.82) is 0 Å². The summed E-state index contributed by atoms with van der Waals surface area (Å²) < 4.78 is 0. The molecule has 0 radical (unpaired) electrons. The molecule has 0 fully saturated rings. The molecule has 0 aliphatic carbocycles. The Balaban J connectivity index is 1.63. The number of benzene rings is 4. The van der Waals surface area contributed by atoms with Gasteiger partial charge in [-0.05, 0) is 24.3 Å². The molecule has 0 aliphatic heterocycles. The van der Waals surface area contributed by atoms with E-state index in [0.717, 1.165) is 16.8 Å². The minimum absolute atomic E-state index is 0.167. The third kappa shape index (κ3) is 4.62. The van der Waals surface area contributed by atoms with Crippen LogP contribution in [-0.2, 0) is 0 Å². The molecule has 4 aromatic rings. The van der Waals surface area contributed by atoms with Crippen LogP contribution in [0.2, 0.25) is 0 Å². The van der Waals surface area contributed by atoms with Gasteiger partial charge in [0.25, 0.3) is 5.91 Å². The third-order valence-corrected chi connectivity index (χ3v) is 4.59. The summed E-state index contributed by atoms with van der Waals surface area (Å²) in [7, 11) is 0. The first kappa shape index (κ1) is 19.2. The van der Waals surface area contributed by atoms with E-state index in [9.17, 15) is 4.79 Å². The monoisotopic (exact) mass is 391 g/mol. The number of hydrogen-bond donors (Lipinski definition) is 2. The first-order chi connectivity index (χ1) is 14.8. The number of anilines is 2. The molecule has 4 rings (SSSR count). The Morgan fingerprint density at radius 3 is 1.50 bits per heavy atom. The molecular formula is C26H21N3O. The van der Waals surface area contributed by atoms with Gasteiger partial charge < -0.3 is 5.32 Å². The lowest BCUT2D eigenvalue weighted by Gasteiger charge is -2.12. The molecule has 0 bridgehead atoms. The van der Waals surface area contributed by atoms with Gasteiger partial charge in [0.2, 0.25) is 0 Å². The van der Waals surface area contributed by atoms with Crippen LogP contribution in [0.4, 0.5) is 11.4 Å². The zero-order valence-corrected chi connectivity index (χ0v) is 16.3.